The molecule has 3 N–H and O–H groups in total. The zero-order valence-electron chi connectivity index (χ0n) is 21.9. The van der Waals surface area contributed by atoms with Crippen molar-refractivity contribution in [3.05, 3.63) is 51.3 Å². The number of ether oxygens (including phenoxy) is 1. The van der Waals surface area contributed by atoms with Gasteiger partial charge in [-0.15, -0.1) is 0 Å². The van der Waals surface area contributed by atoms with E-state index in [0.29, 0.717) is 54.1 Å². The smallest absolute Gasteiger partial charge is 0.410 e. The Labute approximate surface area is 225 Å². The number of nitrogens with zero attached hydrogens (tertiary/aromatic N) is 6. The van der Waals surface area contributed by atoms with Gasteiger partial charge in [0, 0.05) is 19.1 Å². The number of hydrogen-bond donors (Lipinski definition) is 2. The van der Waals surface area contributed by atoms with Gasteiger partial charge in [0.1, 0.15) is 41.0 Å². The van der Waals surface area contributed by atoms with Crippen molar-refractivity contribution >= 4 is 40.2 Å². The minimum atomic E-state index is -0.598. The predicted octanol–water partition coefficient (Wildman–Crippen LogP) is 4.43. The molecule has 1 unspecified atom stereocenters. The Hall–Kier alpha value is -3.91. The van der Waals surface area contributed by atoms with Gasteiger partial charge in [-0.25, -0.2) is 19.7 Å². The van der Waals surface area contributed by atoms with Gasteiger partial charge >= 0.3 is 6.09 Å². The standard InChI is InChI=1S/C26H31ClN8O3/c1-15(32-22-17(13-28)21(29)30-14-31-22)23-33-19-9-5-8-18(27)20(19)24(36)35(23)16-7-6-11-34(12-10-16)25(37)38-26(2,3)4/h5,8-9,14-16H,6-7,10-12H2,1-4H3,(H3,29,30,31,32)/t15-,16?/m0/s1. The number of hydrogen-bond acceptors (Lipinski definition) is 9. The fourth-order valence-electron chi connectivity index (χ4n) is 4.61. The number of nitrogens with one attached hydrogen (secondary N) is 1. The number of amides is 1. The molecule has 1 fully saturated rings. The summed E-state index contributed by atoms with van der Waals surface area (Å²) in [7, 11) is 0. The summed E-state index contributed by atoms with van der Waals surface area (Å²) in [6.45, 7) is 8.28. The van der Waals surface area contributed by atoms with Crippen LogP contribution >= 0.6 is 11.6 Å². The van der Waals surface area contributed by atoms with Crippen molar-refractivity contribution in [3.63, 3.8) is 0 Å². The Kier molecular flexibility index (Phi) is 7.73. The SMILES string of the molecule is C[C@H](Nc1ncnc(N)c1C#N)c1nc2cccc(Cl)c2c(=O)n1C1CCCN(C(=O)OC(C)(C)C)CC1. The van der Waals surface area contributed by atoms with Crippen LogP contribution < -0.4 is 16.6 Å². The highest BCUT2D eigenvalue weighted by molar-refractivity contribution is 6.35. The molecule has 0 bridgehead atoms. The second-order valence-corrected chi connectivity index (χ2v) is 10.7. The summed E-state index contributed by atoms with van der Waals surface area (Å²) in [4.78, 5) is 41.2. The van der Waals surface area contributed by atoms with Gasteiger partial charge in [-0.05, 0) is 59.1 Å². The van der Waals surface area contributed by atoms with E-state index in [2.05, 4.69) is 15.3 Å². The van der Waals surface area contributed by atoms with Gasteiger partial charge in [0.05, 0.1) is 22.0 Å². The zero-order chi connectivity index (χ0) is 27.6. The van der Waals surface area contributed by atoms with E-state index >= 15 is 0 Å². The van der Waals surface area contributed by atoms with Crippen molar-refractivity contribution in [1.29, 1.82) is 5.26 Å². The molecular weight excluding hydrogens is 508 g/mol. The quantitative estimate of drug-likeness (QED) is 0.491. The number of nitrogens with two attached hydrogens (primary N) is 1. The Balaban J connectivity index is 1.74. The molecule has 2 atom stereocenters. The van der Waals surface area contributed by atoms with Gasteiger partial charge in [0.15, 0.2) is 0 Å². The number of aromatic nitrogens is 4. The number of carbonyl (C=O) groups is 1. The van der Waals surface area contributed by atoms with Gasteiger partial charge in [-0.2, -0.15) is 5.26 Å². The third-order valence-corrected chi connectivity index (χ3v) is 6.66. The first-order chi connectivity index (χ1) is 18.0. The average Bonchev–Trinajstić information content (AvgIpc) is 3.09. The van der Waals surface area contributed by atoms with Gasteiger partial charge in [0.2, 0.25) is 0 Å². The van der Waals surface area contributed by atoms with E-state index in [1.165, 1.54) is 6.33 Å². The van der Waals surface area contributed by atoms with Crippen LogP contribution in [0.15, 0.2) is 29.3 Å². The average molecular weight is 539 g/mol. The summed E-state index contributed by atoms with van der Waals surface area (Å²) in [6, 6.07) is 6.39. The first-order valence-electron chi connectivity index (χ1n) is 12.5. The van der Waals surface area contributed by atoms with E-state index in [1.54, 1.807) is 27.7 Å². The minimum Gasteiger partial charge on any atom is -0.444 e. The van der Waals surface area contributed by atoms with E-state index in [-0.39, 0.29) is 34.9 Å². The lowest BCUT2D eigenvalue weighted by atomic mass is 10.1. The predicted molar refractivity (Wildman–Crippen MR) is 145 cm³/mol. The van der Waals surface area contributed by atoms with E-state index in [9.17, 15) is 14.9 Å². The first kappa shape index (κ1) is 27.1. The number of nitrogen functional groups attached to an aromatic ring is 1. The lowest BCUT2D eigenvalue weighted by Crippen LogP contribution is -2.37. The van der Waals surface area contributed by atoms with Crippen molar-refractivity contribution < 1.29 is 9.53 Å². The van der Waals surface area contributed by atoms with Crippen LogP contribution in [-0.2, 0) is 4.74 Å². The molecule has 200 valence electrons. The Morgan fingerprint density at radius 2 is 2.05 bits per heavy atom. The fraction of sp³-hybridized carbons (Fsp3) is 0.462. The summed E-state index contributed by atoms with van der Waals surface area (Å²) in [5.74, 6) is 0.761. The topological polar surface area (TPSA) is 152 Å². The summed E-state index contributed by atoms with van der Waals surface area (Å²) in [6.07, 6.45) is 2.76. The van der Waals surface area contributed by atoms with E-state index in [4.69, 9.17) is 27.1 Å². The fourth-order valence-corrected chi connectivity index (χ4v) is 4.86. The monoisotopic (exact) mass is 538 g/mol. The van der Waals surface area contributed by atoms with Crippen molar-refractivity contribution in [2.45, 2.75) is 64.6 Å². The molecule has 4 rings (SSSR count). The third kappa shape index (κ3) is 5.65. The van der Waals surface area contributed by atoms with Crippen LogP contribution in [-0.4, -0.2) is 49.2 Å². The van der Waals surface area contributed by atoms with Crippen LogP contribution in [0.2, 0.25) is 5.02 Å². The lowest BCUT2D eigenvalue weighted by Gasteiger charge is -2.27. The van der Waals surface area contributed by atoms with Gasteiger partial charge in [0.25, 0.3) is 5.56 Å². The number of carbonyl (C=O) groups excluding carboxylic acids is 1. The molecule has 0 aliphatic carbocycles. The number of halogens is 1. The highest BCUT2D eigenvalue weighted by Crippen LogP contribution is 2.30. The lowest BCUT2D eigenvalue weighted by molar-refractivity contribution is 0.0255. The van der Waals surface area contributed by atoms with Gasteiger partial charge in [-0.3, -0.25) is 9.36 Å². The molecule has 1 saturated heterocycles. The Morgan fingerprint density at radius 1 is 1.29 bits per heavy atom. The summed E-state index contributed by atoms with van der Waals surface area (Å²) in [5, 5.41) is 13.4. The van der Waals surface area contributed by atoms with Crippen LogP contribution in [0.3, 0.4) is 0 Å². The minimum absolute atomic E-state index is 0.0545. The summed E-state index contributed by atoms with van der Waals surface area (Å²) < 4.78 is 7.23. The van der Waals surface area contributed by atoms with Crippen molar-refractivity contribution in [3.8, 4) is 6.07 Å². The number of fused-ring (bicyclic) bond motifs is 1. The second-order valence-electron chi connectivity index (χ2n) is 10.3. The summed E-state index contributed by atoms with van der Waals surface area (Å²) in [5.41, 5.74) is 5.58. The van der Waals surface area contributed by atoms with E-state index < -0.39 is 11.6 Å². The molecule has 38 heavy (non-hydrogen) atoms. The Bertz CT molecular complexity index is 1460. The van der Waals surface area contributed by atoms with Crippen molar-refractivity contribution in [2.24, 2.45) is 0 Å². The molecule has 3 aromatic rings. The zero-order valence-corrected chi connectivity index (χ0v) is 22.6. The maximum atomic E-state index is 13.9. The molecule has 0 radical (unpaired) electrons. The number of likely N-dealkylation sites (tertiary alicyclic amines) is 1. The normalized spacial score (nSPS) is 16.9. The maximum absolute atomic E-state index is 13.9. The molecule has 12 heteroatoms. The van der Waals surface area contributed by atoms with Crippen LogP contribution in [0, 0.1) is 11.3 Å². The molecule has 1 aliphatic rings. The first-order valence-corrected chi connectivity index (χ1v) is 12.8. The number of benzene rings is 1. The Morgan fingerprint density at radius 3 is 2.76 bits per heavy atom. The van der Waals surface area contributed by atoms with Crippen LogP contribution in [0.4, 0.5) is 16.4 Å². The molecule has 1 amide bonds. The molecule has 2 aromatic heterocycles. The van der Waals surface area contributed by atoms with Gasteiger partial charge in [-0.1, -0.05) is 17.7 Å². The molecule has 0 spiro atoms. The number of nitriles is 1. The molecule has 11 nitrogen and oxygen atoms in total. The molecule has 1 aromatic carbocycles. The maximum Gasteiger partial charge on any atom is 0.410 e. The summed E-state index contributed by atoms with van der Waals surface area (Å²) >= 11 is 6.45. The highest BCUT2D eigenvalue weighted by Gasteiger charge is 2.29. The van der Waals surface area contributed by atoms with Crippen LogP contribution in [0.1, 0.15) is 70.4 Å². The number of rotatable bonds is 4. The molecule has 0 saturated carbocycles. The second kappa shape index (κ2) is 10.8. The van der Waals surface area contributed by atoms with Crippen LogP contribution in [0.25, 0.3) is 10.9 Å². The van der Waals surface area contributed by atoms with E-state index in [1.807, 2.05) is 33.8 Å². The van der Waals surface area contributed by atoms with Crippen LogP contribution in [0.5, 0.6) is 0 Å². The number of anilines is 2. The van der Waals surface area contributed by atoms with E-state index in [0.717, 1.165) is 0 Å². The molecular formula is C26H31ClN8O3. The highest BCUT2D eigenvalue weighted by atomic mass is 35.5. The van der Waals surface area contributed by atoms with Crippen molar-refractivity contribution in [1.82, 2.24) is 24.4 Å². The molecule has 1 aliphatic heterocycles. The van der Waals surface area contributed by atoms with Gasteiger partial charge < -0.3 is 20.7 Å². The largest absolute Gasteiger partial charge is 0.444 e. The van der Waals surface area contributed by atoms with Crippen molar-refractivity contribution in [2.75, 3.05) is 24.1 Å². The third-order valence-electron chi connectivity index (χ3n) is 6.35. The molecule has 3 heterocycles.